The van der Waals surface area contributed by atoms with Gasteiger partial charge in [0.1, 0.15) is 5.82 Å². The van der Waals surface area contributed by atoms with Gasteiger partial charge in [-0.15, -0.1) is 0 Å². The summed E-state index contributed by atoms with van der Waals surface area (Å²) < 4.78 is 0. The van der Waals surface area contributed by atoms with E-state index in [4.69, 9.17) is 15.0 Å². The molecule has 28 heavy (non-hydrogen) atoms. The summed E-state index contributed by atoms with van der Waals surface area (Å²) >= 11 is 0. The van der Waals surface area contributed by atoms with Crippen molar-refractivity contribution in [1.29, 1.82) is 0 Å². The Balaban J connectivity index is 1.31. The minimum atomic E-state index is 0.869. The van der Waals surface area contributed by atoms with E-state index in [1.807, 2.05) is 43.5 Å². The van der Waals surface area contributed by atoms with E-state index in [0.29, 0.717) is 0 Å². The van der Waals surface area contributed by atoms with E-state index >= 15 is 0 Å². The number of para-hydroxylation sites is 2. The number of aryl methyl sites for hydroxylation is 1. The van der Waals surface area contributed by atoms with Crippen molar-refractivity contribution >= 4 is 28.6 Å². The molecule has 0 atom stereocenters. The van der Waals surface area contributed by atoms with Gasteiger partial charge in [0.2, 0.25) is 5.95 Å². The van der Waals surface area contributed by atoms with E-state index in [2.05, 4.69) is 19.7 Å². The third kappa shape index (κ3) is 3.21. The molecule has 2 aliphatic rings. The topological polar surface area (TPSA) is 61.3 Å². The van der Waals surface area contributed by atoms with Crippen LogP contribution in [0.25, 0.3) is 11.0 Å². The first-order valence-corrected chi connectivity index (χ1v) is 10.1. The average molecular weight is 375 g/mol. The summed E-state index contributed by atoms with van der Waals surface area (Å²) in [7, 11) is 0. The lowest BCUT2D eigenvalue weighted by molar-refractivity contribution is 0.638. The Hall–Kier alpha value is -2.96. The van der Waals surface area contributed by atoms with E-state index in [9.17, 15) is 0 Å². The predicted molar refractivity (Wildman–Crippen MR) is 112 cm³/mol. The Bertz CT molecular complexity index is 975. The highest BCUT2D eigenvalue weighted by Crippen LogP contribution is 2.24. The molecule has 0 spiro atoms. The number of hydrogen-bond acceptors (Lipinski definition) is 7. The van der Waals surface area contributed by atoms with Gasteiger partial charge in [0.25, 0.3) is 0 Å². The van der Waals surface area contributed by atoms with E-state index < -0.39 is 0 Å². The maximum Gasteiger partial charge on any atom is 0.227 e. The summed E-state index contributed by atoms with van der Waals surface area (Å²) in [4.78, 5) is 25.9. The molecule has 0 radical (unpaired) electrons. The van der Waals surface area contributed by atoms with E-state index in [-0.39, 0.29) is 0 Å². The fourth-order valence-corrected chi connectivity index (χ4v) is 4.11. The molecule has 2 saturated heterocycles. The first-order valence-electron chi connectivity index (χ1n) is 10.1. The molecule has 0 N–H and O–H groups in total. The number of aromatic nitrogens is 4. The molecule has 3 aromatic rings. The number of benzene rings is 1. The lowest BCUT2D eigenvalue weighted by Crippen LogP contribution is -2.47. The van der Waals surface area contributed by atoms with Crippen molar-refractivity contribution in [1.82, 2.24) is 19.9 Å². The van der Waals surface area contributed by atoms with Gasteiger partial charge in [0.05, 0.1) is 16.7 Å². The Kier molecular flexibility index (Phi) is 4.43. The lowest BCUT2D eigenvalue weighted by Gasteiger charge is -2.36. The standard InChI is InChI=1S/C21H25N7/c1-16-20(24-18-7-3-2-6-17(18)23-16)27-14-12-26(13-15-27)19-8-9-22-21(25-19)28-10-4-5-11-28/h2-3,6-9H,4-5,10-15H2,1H3. The Morgan fingerprint density at radius 2 is 1.39 bits per heavy atom. The molecule has 144 valence electrons. The SMILES string of the molecule is Cc1nc2ccccc2nc1N1CCN(c2ccnc(N3CCCC3)n2)CC1. The van der Waals surface area contributed by atoms with Gasteiger partial charge >= 0.3 is 0 Å². The molecule has 0 saturated carbocycles. The Labute approximate surface area is 165 Å². The Morgan fingerprint density at radius 1 is 0.714 bits per heavy atom. The van der Waals surface area contributed by atoms with Gasteiger partial charge in [0, 0.05) is 45.5 Å². The van der Waals surface area contributed by atoms with Crippen molar-refractivity contribution in [3.63, 3.8) is 0 Å². The van der Waals surface area contributed by atoms with Crippen LogP contribution in [0, 0.1) is 6.92 Å². The fourth-order valence-electron chi connectivity index (χ4n) is 4.11. The lowest BCUT2D eigenvalue weighted by atomic mass is 10.2. The van der Waals surface area contributed by atoms with Crippen molar-refractivity contribution in [2.45, 2.75) is 19.8 Å². The van der Waals surface area contributed by atoms with Gasteiger partial charge < -0.3 is 14.7 Å². The second-order valence-corrected chi connectivity index (χ2v) is 7.50. The highest BCUT2D eigenvalue weighted by Gasteiger charge is 2.22. The summed E-state index contributed by atoms with van der Waals surface area (Å²) in [5.74, 6) is 2.89. The van der Waals surface area contributed by atoms with Crippen LogP contribution in [0.4, 0.5) is 17.6 Å². The van der Waals surface area contributed by atoms with Gasteiger partial charge in [0.15, 0.2) is 5.82 Å². The molecule has 5 rings (SSSR count). The maximum atomic E-state index is 4.88. The molecular formula is C21H25N7. The van der Waals surface area contributed by atoms with Gasteiger partial charge in [-0.05, 0) is 38.0 Å². The smallest absolute Gasteiger partial charge is 0.227 e. The molecule has 7 heteroatoms. The number of rotatable bonds is 3. The van der Waals surface area contributed by atoms with Crippen LogP contribution >= 0.6 is 0 Å². The van der Waals surface area contributed by atoms with Crippen LogP contribution < -0.4 is 14.7 Å². The molecule has 1 aromatic carbocycles. The van der Waals surface area contributed by atoms with Crippen molar-refractivity contribution < 1.29 is 0 Å². The first kappa shape index (κ1) is 17.2. The van der Waals surface area contributed by atoms with Crippen molar-refractivity contribution in [2.75, 3.05) is 54.0 Å². The highest BCUT2D eigenvalue weighted by atomic mass is 15.3. The second-order valence-electron chi connectivity index (χ2n) is 7.50. The van der Waals surface area contributed by atoms with Gasteiger partial charge in [-0.2, -0.15) is 4.98 Å². The van der Waals surface area contributed by atoms with Crippen LogP contribution in [0.2, 0.25) is 0 Å². The number of hydrogen-bond donors (Lipinski definition) is 0. The number of fused-ring (bicyclic) bond motifs is 1. The number of anilines is 3. The highest BCUT2D eigenvalue weighted by molar-refractivity contribution is 5.76. The van der Waals surface area contributed by atoms with Gasteiger partial charge in [-0.1, -0.05) is 12.1 Å². The van der Waals surface area contributed by atoms with E-state index in [0.717, 1.165) is 73.6 Å². The minimum absolute atomic E-state index is 0.869. The van der Waals surface area contributed by atoms with Crippen LogP contribution in [0.15, 0.2) is 36.5 Å². The second kappa shape index (κ2) is 7.22. The number of piperazine rings is 1. The van der Waals surface area contributed by atoms with Gasteiger partial charge in [-0.3, -0.25) is 0 Å². The fraction of sp³-hybridized carbons (Fsp3) is 0.429. The average Bonchev–Trinajstić information content (AvgIpc) is 3.29. The van der Waals surface area contributed by atoms with Crippen molar-refractivity contribution in [3.05, 3.63) is 42.2 Å². The van der Waals surface area contributed by atoms with Crippen molar-refractivity contribution in [2.24, 2.45) is 0 Å². The Morgan fingerprint density at radius 3 is 2.14 bits per heavy atom. The zero-order chi connectivity index (χ0) is 18.9. The first-order chi connectivity index (χ1) is 13.8. The van der Waals surface area contributed by atoms with Gasteiger partial charge in [-0.25, -0.2) is 15.0 Å². The third-order valence-corrected chi connectivity index (χ3v) is 5.64. The molecule has 7 nitrogen and oxygen atoms in total. The van der Waals surface area contributed by atoms with Crippen LogP contribution in [-0.4, -0.2) is 59.2 Å². The predicted octanol–water partition coefficient (Wildman–Crippen LogP) is 2.66. The molecule has 2 aromatic heterocycles. The third-order valence-electron chi connectivity index (χ3n) is 5.64. The molecule has 2 aliphatic heterocycles. The largest absolute Gasteiger partial charge is 0.353 e. The quantitative estimate of drug-likeness (QED) is 0.697. The van der Waals surface area contributed by atoms with E-state index in [1.165, 1.54) is 12.8 Å². The maximum absolute atomic E-state index is 4.88. The van der Waals surface area contributed by atoms with Crippen molar-refractivity contribution in [3.8, 4) is 0 Å². The number of nitrogens with zero attached hydrogens (tertiary/aromatic N) is 7. The normalized spacial score (nSPS) is 17.5. The molecular weight excluding hydrogens is 350 g/mol. The summed E-state index contributed by atoms with van der Waals surface area (Å²) in [6.45, 7) is 7.85. The minimum Gasteiger partial charge on any atom is -0.353 e. The van der Waals surface area contributed by atoms with Crippen LogP contribution in [0.1, 0.15) is 18.5 Å². The molecule has 2 fully saturated rings. The molecule has 0 bridgehead atoms. The molecule has 4 heterocycles. The summed E-state index contributed by atoms with van der Waals surface area (Å²) in [6, 6.07) is 10.1. The van der Waals surface area contributed by atoms with Crippen LogP contribution in [0.5, 0.6) is 0 Å². The molecule has 0 amide bonds. The zero-order valence-corrected chi connectivity index (χ0v) is 16.3. The van der Waals surface area contributed by atoms with E-state index in [1.54, 1.807) is 0 Å². The molecule has 0 unspecified atom stereocenters. The van der Waals surface area contributed by atoms with Crippen LogP contribution in [0.3, 0.4) is 0 Å². The zero-order valence-electron chi connectivity index (χ0n) is 16.3. The summed E-state index contributed by atoms with van der Waals surface area (Å²) in [5.41, 5.74) is 2.90. The monoisotopic (exact) mass is 375 g/mol. The summed E-state index contributed by atoms with van der Waals surface area (Å²) in [6.07, 6.45) is 4.36. The molecule has 0 aliphatic carbocycles. The van der Waals surface area contributed by atoms with Crippen LogP contribution in [-0.2, 0) is 0 Å². The summed E-state index contributed by atoms with van der Waals surface area (Å²) in [5, 5.41) is 0.